The molecule has 0 spiro atoms. The fourth-order valence-electron chi connectivity index (χ4n) is 2.35. The Morgan fingerprint density at radius 2 is 1.88 bits per heavy atom. The summed E-state index contributed by atoms with van der Waals surface area (Å²) in [6, 6.07) is 13.8. The zero-order valence-corrected chi connectivity index (χ0v) is 14.0. The molecule has 2 aromatic carbocycles. The quantitative estimate of drug-likeness (QED) is 0.884. The summed E-state index contributed by atoms with van der Waals surface area (Å²) in [4.78, 5) is 24.8. The topological polar surface area (TPSA) is 66.8 Å². The zero-order valence-electron chi connectivity index (χ0n) is 14.0. The maximum Gasteiger partial charge on any atom is 0.326 e. The summed E-state index contributed by atoms with van der Waals surface area (Å²) < 4.78 is 5.64. The van der Waals surface area contributed by atoms with Gasteiger partial charge in [-0.05, 0) is 37.6 Å². The van der Waals surface area contributed by atoms with E-state index in [9.17, 15) is 9.59 Å². The number of carbonyl (C=O) groups excluding carboxylic acids is 1. The molecule has 2 aromatic rings. The summed E-state index contributed by atoms with van der Waals surface area (Å²) in [5.41, 5.74) is 2.18. The third kappa shape index (κ3) is 3.74. The first-order valence-corrected chi connectivity index (χ1v) is 7.78. The zero-order chi connectivity index (χ0) is 17.7. The Balaban J connectivity index is 2.36. The molecule has 1 amide bonds. The average Bonchev–Trinajstić information content (AvgIpc) is 2.60. The van der Waals surface area contributed by atoms with Crippen molar-refractivity contribution in [3.05, 3.63) is 54.1 Å². The Morgan fingerprint density at radius 1 is 1.17 bits per heavy atom. The van der Waals surface area contributed by atoms with Gasteiger partial charge in [-0.15, -0.1) is 0 Å². The molecule has 0 aliphatic heterocycles. The highest BCUT2D eigenvalue weighted by molar-refractivity contribution is 5.97. The summed E-state index contributed by atoms with van der Waals surface area (Å²) in [5.74, 6) is -0.624. The van der Waals surface area contributed by atoms with Crippen LogP contribution < -0.4 is 4.74 Å². The van der Waals surface area contributed by atoms with E-state index in [-0.39, 0.29) is 5.91 Å². The van der Waals surface area contributed by atoms with Gasteiger partial charge in [-0.2, -0.15) is 0 Å². The van der Waals surface area contributed by atoms with Crippen LogP contribution in [0.15, 0.2) is 48.5 Å². The smallest absolute Gasteiger partial charge is 0.326 e. The first-order valence-electron chi connectivity index (χ1n) is 7.78. The lowest BCUT2D eigenvalue weighted by Gasteiger charge is -2.21. The van der Waals surface area contributed by atoms with E-state index >= 15 is 0 Å². The monoisotopic (exact) mass is 327 g/mol. The van der Waals surface area contributed by atoms with Crippen molar-refractivity contribution in [1.82, 2.24) is 4.90 Å². The van der Waals surface area contributed by atoms with Crippen molar-refractivity contribution in [2.45, 2.75) is 19.9 Å². The third-order valence-corrected chi connectivity index (χ3v) is 3.87. The van der Waals surface area contributed by atoms with E-state index in [1.165, 1.54) is 18.9 Å². The van der Waals surface area contributed by atoms with Crippen molar-refractivity contribution in [2.75, 3.05) is 13.7 Å². The van der Waals surface area contributed by atoms with E-state index in [1.54, 1.807) is 18.2 Å². The van der Waals surface area contributed by atoms with Crippen LogP contribution >= 0.6 is 0 Å². The molecule has 24 heavy (non-hydrogen) atoms. The van der Waals surface area contributed by atoms with Gasteiger partial charge >= 0.3 is 5.97 Å². The normalized spacial score (nSPS) is 11.6. The SMILES string of the molecule is CCOc1ccccc1-c1cccc(C(=O)N(C)C(C)C(=O)O)c1. The lowest BCUT2D eigenvalue weighted by molar-refractivity contribution is -0.141. The predicted octanol–water partition coefficient (Wildman–Crippen LogP) is 3.30. The Kier molecular flexibility index (Phi) is 5.58. The van der Waals surface area contributed by atoms with Gasteiger partial charge in [0.05, 0.1) is 6.61 Å². The Labute approximate surface area is 141 Å². The molecule has 0 saturated heterocycles. The van der Waals surface area contributed by atoms with E-state index in [1.807, 2.05) is 37.3 Å². The van der Waals surface area contributed by atoms with Crippen LogP contribution in [0.25, 0.3) is 11.1 Å². The van der Waals surface area contributed by atoms with Gasteiger partial charge in [0.15, 0.2) is 0 Å². The van der Waals surface area contributed by atoms with Gasteiger partial charge in [-0.3, -0.25) is 4.79 Å². The highest BCUT2D eigenvalue weighted by Crippen LogP contribution is 2.30. The Hall–Kier alpha value is -2.82. The van der Waals surface area contributed by atoms with Crippen LogP contribution in [0.2, 0.25) is 0 Å². The Morgan fingerprint density at radius 3 is 2.54 bits per heavy atom. The molecule has 1 atom stereocenters. The van der Waals surface area contributed by atoms with Gasteiger partial charge in [-0.1, -0.05) is 30.3 Å². The second-order valence-electron chi connectivity index (χ2n) is 5.44. The first-order chi connectivity index (χ1) is 11.5. The average molecular weight is 327 g/mol. The molecule has 0 aliphatic rings. The van der Waals surface area contributed by atoms with Crippen molar-refractivity contribution < 1.29 is 19.4 Å². The number of para-hydroxylation sites is 1. The van der Waals surface area contributed by atoms with Crippen LogP contribution in [-0.4, -0.2) is 41.6 Å². The minimum Gasteiger partial charge on any atom is -0.493 e. The van der Waals surface area contributed by atoms with Gasteiger partial charge in [0.25, 0.3) is 5.91 Å². The number of carboxylic acids is 1. The van der Waals surface area contributed by atoms with E-state index in [2.05, 4.69) is 0 Å². The molecule has 126 valence electrons. The lowest BCUT2D eigenvalue weighted by Crippen LogP contribution is -2.40. The lowest BCUT2D eigenvalue weighted by atomic mass is 10.0. The number of hydrogen-bond donors (Lipinski definition) is 1. The van der Waals surface area contributed by atoms with E-state index in [0.717, 1.165) is 16.9 Å². The molecule has 5 heteroatoms. The summed E-state index contributed by atoms with van der Waals surface area (Å²) in [6.07, 6.45) is 0. The summed E-state index contributed by atoms with van der Waals surface area (Å²) in [7, 11) is 1.49. The van der Waals surface area contributed by atoms with E-state index < -0.39 is 12.0 Å². The van der Waals surface area contributed by atoms with Crippen LogP contribution in [0, 0.1) is 0 Å². The standard InChI is InChI=1S/C19H21NO4/c1-4-24-17-11-6-5-10-16(17)14-8-7-9-15(12-14)18(21)20(3)13(2)19(22)23/h5-13H,4H2,1-3H3,(H,22,23). The van der Waals surface area contributed by atoms with Gasteiger partial charge in [0.2, 0.25) is 0 Å². The molecule has 0 radical (unpaired) electrons. The maximum atomic E-state index is 12.5. The molecule has 0 aliphatic carbocycles. The van der Waals surface area contributed by atoms with Crippen molar-refractivity contribution in [3.8, 4) is 16.9 Å². The number of amides is 1. The molecule has 2 rings (SSSR count). The Bertz CT molecular complexity index is 742. The first kappa shape index (κ1) is 17.5. The van der Waals surface area contributed by atoms with E-state index in [0.29, 0.717) is 12.2 Å². The minimum absolute atomic E-state index is 0.333. The molecule has 0 aromatic heterocycles. The van der Waals surface area contributed by atoms with E-state index in [4.69, 9.17) is 9.84 Å². The van der Waals surface area contributed by atoms with Crippen LogP contribution in [-0.2, 0) is 4.79 Å². The minimum atomic E-state index is -1.04. The molecule has 0 heterocycles. The van der Waals surface area contributed by atoms with Gasteiger partial charge in [-0.25, -0.2) is 4.79 Å². The molecule has 0 fully saturated rings. The van der Waals surface area contributed by atoms with Gasteiger partial charge < -0.3 is 14.7 Å². The fourth-order valence-corrected chi connectivity index (χ4v) is 2.35. The van der Waals surface area contributed by atoms with Gasteiger partial charge in [0.1, 0.15) is 11.8 Å². The molecular formula is C19H21NO4. The van der Waals surface area contributed by atoms with Crippen molar-refractivity contribution in [2.24, 2.45) is 0 Å². The number of aliphatic carboxylic acids is 1. The summed E-state index contributed by atoms with van der Waals surface area (Å²) in [6.45, 7) is 3.95. The van der Waals surface area contributed by atoms with Crippen LogP contribution in [0.3, 0.4) is 0 Å². The summed E-state index contributed by atoms with van der Waals surface area (Å²) in [5, 5.41) is 9.07. The molecule has 0 bridgehead atoms. The van der Waals surface area contributed by atoms with Crippen LogP contribution in [0.4, 0.5) is 0 Å². The number of carboxylic acid groups (broad SMARTS) is 1. The highest BCUT2D eigenvalue weighted by atomic mass is 16.5. The predicted molar refractivity (Wildman–Crippen MR) is 92.2 cm³/mol. The number of hydrogen-bond acceptors (Lipinski definition) is 3. The molecule has 5 nitrogen and oxygen atoms in total. The fraction of sp³-hybridized carbons (Fsp3) is 0.263. The van der Waals surface area contributed by atoms with Crippen molar-refractivity contribution >= 4 is 11.9 Å². The van der Waals surface area contributed by atoms with Crippen molar-refractivity contribution in [3.63, 3.8) is 0 Å². The van der Waals surface area contributed by atoms with Crippen LogP contribution in [0.1, 0.15) is 24.2 Å². The van der Waals surface area contributed by atoms with Crippen LogP contribution in [0.5, 0.6) is 5.75 Å². The van der Waals surface area contributed by atoms with Crippen molar-refractivity contribution in [1.29, 1.82) is 0 Å². The maximum absolute atomic E-state index is 12.5. The number of carbonyl (C=O) groups is 2. The second kappa shape index (κ2) is 7.64. The summed E-state index contributed by atoms with van der Waals surface area (Å²) >= 11 is 0. The molecule has 0 saturated carbocycles. The third-order valence-electron chi connectivity index (χ3n) is 3.87. The molecular weight excluding hydrogens is 306 g/mol. The molecule has 1 unspecified atom stereocenters. The number of ether oxygens (including phenoxy) is 1. The largest absolute Gasteiger partial charge is 0.493 e. The number of benzene rings is 2. The second-order valence-corrected chi connectivity index (χ2v) is 5.44. The number of rotatable bonds is 6. The highest BCUT2D eigenvalue weighted by Gasteiger charge is 2.23. The number of likely N-dealkylation sites (N-methyl/N-ethyl adjacent to an activating group) is 1. The number of nitrogens with zero attached hydrogens (tertiary/aromatic N) is 1. The van der Waals surface area contributed by atoms with Gasteiger partial charge in [0, 0.05) is 18.2 Å². The molecule has 1 N–H and O–H groups in total.